The highest BCUT2D eigenvalue weighted by molar-refractivity contribution is 5.96. The number of nitrogens with zero attached hydrogens (tertiary/aromatic N) is 3. The molecule has 0 radical (unpaired) electrons. The molecular formula is C15H16N4O2. The molecule has 2 rings (SSSR count). The summed E-state index contributed by atoms with van der Waals surface area (Å²) in [6, 6.07) is 5.48. The van der Waals surface area contributed by atoms with E-state index in [1.165, 1.54) is 6.21 Å². The number of carbonyl (C=O) groups excluding carboxylic acids is 1. The first kappa shape index (κ1) is 14.6. The zero-order valence-corrected chi connectivity index (χ0v) is 12.4. The molecule has 1 N–H and O–H groups in total. The van der Waals surface area contributed by atoms with Crippen LogP contribution in [-0.4, -0.2) is 16.7 Å². The zero-order valence-electron chi connectivity index (χ0n) is 12.4. The van der Waals surface area contributed by atoms with Crippen LogP contribution in [0, 0.1) is 32.1 Å². The average Bonchev–Trinajstić information content (AvgIpc) is 2.92. The largest absolute Gasteiger partial charge is 0.466 e. The van der Waals surface area contributed by atoms with Gasteiger partial charge in [0.25, 0.3) is 5.91 Å². The van der Waals surface area contributed by atoms with Crippen molar-refractivity contribution in [1.29, 1.82) is 5.26 Å². The topological polar surface area (TPSA) is 83.3 Å². The van der Waals surface area contributed by atoms with Gasteiger partial charge in [-0.3, -0.25) is 4.79 Å². The van der Waals surface area contributed by atoms with Crippen LogP contribution in [0.2, 0.25) is 0 Å². The van der Waals surface area contributed by atoms with Crippen molar-refractivity contribution in [3.63, 3.8) is 0 Å². The number of aromatic nitrogens is 1. The van der Waals surface area contributed by atoms with Crippen molar-refractivity contribution in [2.24, 2.45) is 12.1 Å². The van der Waals surface area contributed by atoms with Gasteiger partial charge in [-0.2, -0.15) is 10.4 Å². The molecular weight excluding hydrogens is 268 g/mol. The number of nitrogens with one attached hydrogen (secondary N) is 1. The van der Waals surface area contributed by atoms with E-state index in [1.807, 2.05) is 6.92 Å². The fourth-order valence-corrected chi connectivity index (χ4v) is 2.04. The molecule has 2 heterocycles. The first-order valence-corrected chi connectivity index (χ1v) is 6.41. The molecule has 2 aromatic heterocycles. The predicted molar refractivity (Wildman–Crippen MR) is 78.1 cm³/mol. The Balaban J connectivity index is 2.11. The number of hydrazone groups is 1. The SMILES string of the molecule is Cc1cc(C(=O)N/N=C\c2cc(C#N)n(C)c2C)c(C)o1. The van der Waals surface area contributed by atoms with Crippen molar-refractivity contribution in [2.75, 3.05) is 0 Å². The Kier molecular flexibility index (Phi) is 3.94. The summed E-state index contributed by atoms with van der Waals surface area (Å²) in [5.74, 6) is 0.914. The third-order valence-corrected chi connectivity index (χ3v) is 3.34. The standard InChI is InChI=1S/C15H16N4O2/c1-9-5-14(11(3)21-9)15(20)18-17-8-12-6-13(7-16)19(4)10(12)2/h5-6,8H,1-4H3,(H,18,20)/b17-8-. The van der Waals surface area contributed by atoms with Crippen molar-refractivity contribution in [3.8, 4) is 6.07 Å². The summed E-state index contributed by atoms with van der Waals surface area (Å²) in [6.45, 7) is 5.39. The summed E-state index contributed by atoms with van der Waals surface area (Å²) in [6.07, 6.45) is 1.52. The molecule has 0 aliphatic rings. The molecule has 0 aromatic carbocycles. The average molecular weight is 284 g/mol. The van der Waals surface area contributed by atoms with Gasteiger partial charge in [-0.1, -0.05) is 0 Å². The lowest BCUT2D eigenvalue weighted by Gasteiger charge is -1.98. The minimum Gasteiger partial charge on any atom is -0.466 e. The molecule has 0 saturated heterocycles. The Morgan fingerprint density at radius 2 is 2.14 bits per heavy atom. The molecule has 0 aliphatic heterocycles. The lowest BCUT2D eigenvalue weighted by atomic mass is 10.2. The van der Waals surface area contributed by atoms with Gasteiger partial charge in [-0.15, -0.1) is 0 Å². The van der Waals surface area contributed by atoms with Gasteiger partial charge in [0.1, 0.15) is 23.3 Å². The van der Waals surface area contributed by atoms with E-state index < -0.39 is 0 Å². The third-order valence-electron chi connectivity index (χ3n) is 3.34. The van der Waals surface area contributed by atoms with Crippen molar-refractivity contribution in [2.45, 2.75) is 20.8 Å². The summed E-state index contributed by atoms with van der Waals surface area (Å²) in [4.78, 5) is 11.9. The maximum atomic E-state index is 11.9. The molecule has 0 bridgehead atoms. The van der Waals surface area contributed by atoms with Crippen molar-refractivity contribution < 1.29 is 9.21 Å². The molecule has 0 spiro atoms. The van der Waals surface area contributed by atoms with Crippen LogP contribution in [0.25, 0.3) is 0 Å². The lowest BCUT2D eigenvalue weighted by molar-refractivity contribution is 0.0953. The van der Waals surface area contributed by atoms with Gasteiger partial charge in [0, 0.05) is 18.3 Å². The van der Waals surface area contributed by atoms with Crippen molar-refractivity contribution in [3.05, 3.63) is 46.2 Å². The van der Waals surface area contributed by atoms with Crippen molar-refractivity contribution >= 4 is 12.1 Å². The van der Waals surface area contributed by atoms with Crippen LogP contribution in [-0.2, 0) is 7.05 Å². The fraction of sp³-hybridized carbons (Fsp3) is 0.267. The minimum atomic E-state index is -0.324. The van der Waals surface area contributed by atoms with E-state index in [1.54, 1.807) is 37.6 Å². The van der Waals surface area contributed by atoms with Gasteiger partial charge in [0.05, 0.1) is 11.8 Å². The first-order chi connectivity index (χ1) is 9.93. The molecule has 0 unspecified atom stereocenters. The number of aryl methyl sites for hydroxylation is 2. The van der Waals surface area contributed by atoms with Crippen molar-refractivity contribution in [1.82, 2.24) is 9.99 Å². The van der Waals surface area contributed by atoms with E-state index >= 15 is 0 Å². The number of carbonyl (C=O) groups is 1. The normalized spacial score (nSPS) is 10.8. The van der Waals surface area contributed by atoms with Crippen LogP contribution >= 0.6 is 0 Å². The smallest absolute Gasteiger partial charge is 0.274 e. The Hall–Kier alpha value is -2.81. The van der Waals surface area contributed by atoms with Crippen LogP contribution < -0.4 is 5.43 Å². The second-order valence-corrected chi connectivity index (χ2v) is 4.77. The maximum Gasteiger partial charge on any atom is 0.274 e. The lowest BCUT2D eigenvalue weighted by Crippen LogP contribution is -2.17. The van der Waals surface area contributed by atoms with Gasteiger partial charge in [0.15, 0.2) is 0 Å². The highest BCUT2D eigenvalue weighted by atomic mass is 16.3. The molecule has 6 nitrogen and oxygen atoms in total. The third kappa shape index (κ3) is 2.87. The van der Waals surface area contributed by atoms with Crippen LogP contribution in [0.5, 0.6) is 0 Å². The van der Waals surface area contributed by atoms with Gasteiger partial charge in [-0.25, -0.2) is 5.43 Å². The number of hydrogen-bond acceptors (Lipinski definition) is 4. The number of furan rings is 1. The second-order valence-electron chi connectivity index (χ2n) is 4.77. The van der Waals surface area contributed by atoms with Crippen LogP contribution in [0.4, 0.5) is 0 Å². The van der Waals surface area contributed by atoms with Crippen LogP contribution in [0.1, 0.15) is 38.8 Å². The van der Waals surface area contributed by atoms with Gasteiger partial charge in [0.2, 0.25) is 0 Å². The quantitative estimate of drug-likeness (QED) is 0.692. The van der Waals surface area contributed by atoms with E-state index in [0.29, 0.717) is 22.8 Å². The van der Waals surface area contributed by atoms with Crippen LogP contribution in [0.3, 0.4) is 0 Å². The van der Waals surface area contributed by atoms with Gasteiger partial charge >= 0.3 is 0 Å². The summed E-state index contributed by atoms with van der Waals surface area (Å²) < 4.78 is 7.07. The van der Waals surface area contributed by atoms with E-state index in [4.69, 9.17) is 9.68 Å². The molecule has 0 fully saturated rings. The molecule has 6 heteroatoms. The Morgan fingerprint density at radius 3 is 2.67 bits per heavy atom. The monoisotopic (exact) mass is 284 g/mol. The molecule has 21 heavy (non-hydrogen) atoms. The van der Waals surface area contributed by atoms with Gasteiger partial charge in [-0.05, 0) is 32.9 Å². The number of nitriles is 1. The molecule has 2 aromatic rings. The maximum absolute atomic E-state index is 11.9. The molecule has 0 saturated carbocycles. The first-order valence-electron chi connectivity index (χ1n) is 6.41. The molecule has 0 aliphatic carbocycles. The van der Waals surface area contributed by atoms with E-state index in [2.05, 4.69) is 16.6 Å². The van der Waals surface area contributed by atoms with E-state index in [9.17, 15) is 4.79 Å². The predicted octanol–water partition coefficient (Wildman–Crippen LogP) is 2.18. The summed E-state index contributed by atoms with van der Waals surface area (Å²) in [5, 5.41) is 12.9. The number of rotatable bonds is 3. The summed E-state index contributed by atoms with van der Waals surface area (Å²) >= 11 is 0. The second kappa shape index (κ2) is 5.67. The fourth-order valence-electron chi connectivity index (χ4n) is 2.04. The summed E-state index contributed by atoms with van der Waals surface area (Å²) in [5.41, 5.74) is 5.15. The highest BCUT2D eigenvalue weighted by Crippen LogP contribution is 2.13. The molecule has 1 amide bonds. The zero-order chi connectivity index (χ0) is 15.6. The Bertz CT molecular complexity index is 759. The highest BCUT2D eigenvalue weighted by Gasteiger charge is 2.12. The van der Waals surface area contributed by atoms with E-state index in [-0.39, 0.29) is 5.91 Å². The number of hydrogen-bond donors (Lipinski definition) is 1. The number of amides is 1. The summed E-state index contributed by atoms with van der Waals surface area (Å²) in [7, 11) is 1.81. The Morgan fingerprint density at radius 1 is 1.43 bits per heavy atom. The molecule has 0 atom stereocenters. The van der Waals surface area contributed by atoms with Crippen LogP contribution in [0.15, 0.2) is 21.7 Å². The Labute approximate surface area is 122 Å². The van der Waals surface area contributed by atoms with Gasteiger partial charge < -0.3 is 8.98 Å². The van der Waals surface area contributed by atoms with E-state index in [0.717, 1.165) is 11.3 Å². The minimum absolute atomic E-state index is 0.324. The molecule has 108 valence electrons.